The van der Waals surface area contributed by atoms with Gasteiger partial charge in [-0.1, -0.05) is 45.0 Å². The van der Waals surface area contributed by atoms with Crippen LogP contribution in [-0.4, -0.2) is 5.11 Å². The minimum atomic E-state index is 0.331. The van der Waals surface area contributed by atoms with Crippen LogP contribution in [0.4, 0.5) is 0 Å². The third-order valence-corrected chi connectivity index (χ3v) is 3.37. The summed E-state index contributed by atoms with van der Waals surface area (Å²) >= 11 is 0. The zero-order valence-corrected chi connectivity index (χ0v) is 10.1. The molecule has 16 heavy (non-hydrogen) atoms. The molecule has 0 aliphatic rings. The Hall–Kier alpha value is -1.50. The summed E-state index contributed by atoms with van der Waals surface area (Å²) in [6.07, 6.45) is 0. The third-order valence-electron chi connectivity index (χ3n) is 3.37. The number of benzene rings is 2. The molecule has 1 unspecified atom stereocenters. The van der Waals surface area contributed by atoms with Gasteiger partial charge in [0, 0.05) is 0 Å². The summed E-state index contributed by atoms with van der Waals surface area (Å²) in [6.45, 7) is 6.74. The second-order valence-electron chi connectivity index (χ2n) is 4.82. The largest absolute Gasteiger partial charge is 0.508 e. The highest BCUT2D eigenvalue weighted by Crippen LogP contribution is 2.28. The Balaban J connectivity index is 2.48. The fraction of sp³-hybridized carbons (Fsp3) is 0.333. The molecular formula is C15H18O. The maximum Gasteiger partial charge on any atom is 0.116 e. The number of phenolic OH excluding ortho intramolecular Hbond substituents is 1. The molecule has 0 heterocycles. The van der Waals surface area contributed by atoms with Gasteiger partial charge >= 0.3 is 0 Å². The van der Waals surface area contributed by atoms with Crippen LogP contribution in [0.1, 0.15) is 32.3 Å². The van der Waals surface area contributed by atoms with Gasteiger partial charge in [-0.3, -0.25) is 0 Å². The Morgan fingerprint density at radius 3 is 2.19 bits per heavy atom. The predicted molar refractivity (Wildman–Crippen MR) is 68.9 cm³/mol. The fourth-order valence-corrected chi connectivity index (χ4v) is 1.92. The number of hydrogen-bond acceptors (Lipinski definition) is 1. The number of rotatable bonds is 2. The van der Waals surface area contributed by atoms with E-state index in [2.05, 4.69) is 39.0 Å². The summed E-state index contributed by atoms with van der Waals surface area (Å²) in [7, 11) is 0. The van der Waals surface area contributed by atoms with Crippen molar-refractivity contribution in [1.82, 2.24) is 0 Å². The van der Waals surface area contributed by atoms with Crippen molar-refractivity contribution in [2.45, 2.75) is 26.7 Å². The lowest BCUT2D eigenvalue weighted by molar-refractivity contribution is 0.476. The van der Waals surface area contributed by atoms with Crippen LogP contribution >= 0.6 is 0 Å². The molecule has 0 aliphatic heterocycles. The van der Waals surface area contributed by atoms with Crippen molar-refractivity contribution in [3.8, 4) is 5.75 Å². The van der Waals surface area contributed by atoms with Crippen molar-refractivity contribution in [2.75, 3.05) is 0 Å². The quantitative estimate of drug-likeness (QED) is 0.790. The Labute approximate surface area is 96.7 Å². The molecule has 1 heteroatoms. The molecule has 0 aromatic heterocycles. The number of phenols is 1. The van der Waals surface area contributed by atoms with Crippen LogP contribution in [0.25, 0.3) is 10.8 Å². The number of hydrogen-bond donors (Lipinski definition) is 1. The van der Waals surface area contributed by atoms with Gasteiger partial charge in [-0.2, -0.15) is 0 Å². The van der Waals surface area contributed by atoms with Crippen molar-refractivity contribution >= 4 is 10.8 Å². The van der Waals surface area contributed by atoms with Crippen LogP contribution in [-0.2, 0) is 0 Å². The molecule has 0 fully saturated rings. The van der Waals surface area contributed by atoms with Crippen molar-refractivity contribution in [3.63, 3.8) is 0 Å². The van der Waals surface area contributed by atoms with E-state index < -0.39 is 0 Å². The molecule has 1 atom stereocenters. The second-order valence-corrected chi connectivity index (χ2v) is 4.82. The van der Waals surface area contributed by atoms with Gasteiger partial charge in [0.1, 0.15) is 5.75 Å². The number of aromatic hydroxyl groups is 1. The summed E-state index contributed by atoms with van der Waals surface area (Å²) in [5.41, 5.74) is 1.37. The lowest BCUT2D eigenvalue weighted by atomic mass is 9.89. The predicted octanol–water partition coefficient (Wildman–Crippen LogP) is 4.30. The first kappa shape index (κ1) is 11.0. The van der Waals surface area contributed by atoms with E-state index in [1.54, 1.807) is 12.1 Å². The molecule has 0 radical (unpaired) electrons. The molecule has 84 valence electrons. The summed E-state index contributed by atoms with van der Waals surface area (Å²) in [6, 6.07) is 12.0. The SMILES string of the molecule is CC(C)C(C)c1ccc2cc(O)ccc2c1. The molecule has 0 amide bonds. The molecule has 2 rings (SSSR count). The van der Waals surface area contributed by atoms with Gasteiger partial charge in [0.2, 0.25) is 0 Å². The Kier molecular flexibility index (Phi) is 2.86. The van der Waals surface area contributed by atoms with Gasteiger partial charge < -0.3 is 5.11 Å². The Morgan fingerprint density at radius 2 is 1.50 bits per heavy atom. The lowest BCUT2D eigenvalue weighted by Gasteiger charge is -2.16. The molecule has 2 aromatic carbocycles. The van der Waals surface area contributed by atoms with Crippen molar-refractivity contribution in [2.24, 2.45) is 5.92 Å². The molecule has 1 N–H and O–H groups in total. The summed E-state index contributed by atoms with van der Waals surface area (Å²) in [5, 5.41) is 11.7. The second kappa shape index (κ2) is 4.17. The lowest BCUT2D eigenvalue weighted by Crippen LogP contribution is -2.01. The minimum absolute atomic E-state index is 0.331. The third kappa shape index (κ3) is 2.04. The first-order valence-electron chi connectivity index (χ1n) is 5.80. The van der Waals surface area contributed by atoms with E-state index in [9.17, 15) is 5.11 Å². The van der Waals surface area contributed by atoms with Crippen LogP contribution in [0.3, 0.4) is 0 Å². The zero-order valence-electron chi connectivity index (χ0n) is 10.1. The first-order valence-corrected chi connectivity index (χ1v) is 5.80. The van der Waals surface area contributed by atoms with Crippen molar-refractivity contribution < 1.29 is 5.11 Å². The molecular weight excluding hydrogens is 196 g/mol. The topological polar surface area (TPSA) is 20.2 Å². The molecule has 0 saturated carbocycles. The standard InChI is InChI=1S/C15H18O/c1-10(2)11(3)12-4-5-14-9-15(16)7-6-13(14)8-12/h4-11,16H,1-3H3. The smallest absolute Gasteiger partial charge is 0.116 e. The van der Waals surface area contributed by atoms with Gasteiger partial charge in [-0.25, -0.2) is 0 Å². The molecule has 0 saturated heterocycles. The average Bonchev–Trinajstić information content (AvgIpc) is 2.27. The molecule has 0 bridgehead atoms. The summed E-state index contributed by atoms with van der Waals surface area (Å²) in [4.78, 5) is 0. The van der Waals surface area contributed by atoms with Gasteiger partial charge in [-0.05, 0) is 40.3 Å². The highest BCUT2D eigenvalue weighted by molar-refractivity contribution is 5.84. The van der Waals surface area contributed by atoms with Crippen molar-refractivity contribution in [3.05, 3.63) is 42.0 Å². The highest BCUT2D eigenvalue weighted by atomic mass is 16.3. The summed E-state index contributed by atoms with van der Waals surface area (Å²) in [5.74, 6) is 1.55. The molecule has 0 spiro atoms. The van der Waals surface area contributed by atoms with E-state index in [0.29, 0.717) is 17.6 Å². The average molecular weight is 214 g/mol. The summed E-state index contributed by atoms with van der Waals surface area (Å²) < 4.78 is 0. The maximum atomic E-state index is 9.40. The van der Waals surface area contributed by atoms with E-state index in [1.165, 1.54) is 10.9 Å². The fourth-order valence-electron chi connectivity index (χ4n) is 1.92. The minimum Gasteiger partial charge on any atom is -0.508 e. The van der Waals surface area contributed by atoms with Crippen LogP contribution in [0.5, 0.6) is 5.75 Å². The number of fused-ring (bicyclic) bond motifs is 1. The van der Waals surface area contributed by atoms with Gasteiger partial charge in [-0.15, -0.1) is 0 Å². The molecule has 0 aliphatic carbocycles. The molecule has 2 aromatic rings. The van der Waals surface area contributed by atoms with Crippen molar-refractivity contribution in [1.29, 1.82) is 0 Å². The first-order chi connectivity index (χ1) is 7.58. The van der Waals surface area contributed by atoms with E-state index in [4.69, 9.17) is 0 Å². The Morgan fingerprint density at radius 1 is 0.875 bits per heavy atom. The van der Waals surface area contributed by atoms with Gasteiger partial charge in [0.15, 0.2) is 0 Å². The maximum absolute atomic E-state index is 9.40. The van der Waals surface area contributed by atoms with E-state index in [0.717, 1.165) is 5.39 Å². The van der Waals surface area contributed by atoms with E-state index >= 15 is 0 Å². The van der Waals surface area contributed by atoms with E-state index in [-0.39, 0.29) is 0 Å². The Bertz CT molecular complexity index is 500. The van der Waals surface area contributed by atoms with Gasteiger partial charge in [0.25, 0.3) is 0 Å². The highest BCUT2D eigenvalue weighted by Gasteiger charge is 2.10. The normalized spacial score (nSPS) is 13.2. The van der Waals surface area contributed by atoms with Crippen LogP contribution < -0.4 is 0 Å². The van der Waals surface area contributed by atoms with Crippen LogP contribution in [0.15, 0.2) is 36.4 Å². The van der Waals surface area contributed by atoms with Crippen LogP contribution in [0, 0.1) is 5.92 Å². The zero-order chi connectivity index (χ0) is 11.7. The van der Waals surface area contributed by atoms with E-state index in [1.807, 2.05) is 6.07 Å². The molecule has 1 nitrogen and oxygen atoms in total. The van der Waals surface area contributed by atoms with Gasteiger partial charge in [0.05, 0.1) is 0 Å². The van der Waals surface area contributed by atoms with Crippen LogP contribution in [0.2, 0.25) is 0 Å². The monoisotopic (exact) mass is 214 g/mol.